The zero-order chi connectivity index (χ0) is 9.30. The third-order valence-corrected chi connectivity index (χ3v) is 1.60. The third-order valence-electron chi connectivity index (χ3n) is 1.60. The van der Waals surface area contributed by atoms with Gasteiger partial charge in [0.2, 0.25) is 0 Å². The molecule has 0 spiro atoms. The SMILES string of the molecule is Bc1c(O)cc(C(=O)O)cc1O. The minimum absolute atomic E-state index is 0.129. The Kier molecular flexibility index (Phi) is 1.95. The van der Waals surface area contributed by atoms with Crippen molar-refractivity contribution in [1.82, 2.24) is 0 Å². The van der Waals surface area contributed by atoms with Gasteiger partial charge in [0.15, 0.2) is 0 Å². The zero-order valence-corrected chi connectivity index (χ0v) is 6.40. The van der Waals surface area contributed by atoms with Crippen LogP contribution in [0.5, 0.6) is 11.5 Å². The van der Waals surface area contributed by atoms with E-state index in [0.29, 0.717) is 0 Å². The molecule has 1 aromatic carbocycles. The van der Waals surface area contributed by atoms with Crippen molar-refractivity contribution in [3.63, 3.8) is 0 Å². The van der Waals surface area contributed by atoms with E-state index in [-0.39, 0.29) is 22.5 Å². The molecule has 0 fully saturated rings. The molecule has 0 aliphatic heterocycles. The van der Waals surface area contributed by atoms with E-state index in [1.165, 1.54) is 7.85 Å². The van der Waals surface area contributed by atoms with Crippen LogP contribution in [0.1, 0.15) is 10.4 Å². The number of hydrogen-bond donors (Lipinski definition) is 3. The van der Waals surface area contributed by atoms with Crippen molar-refractivity contribution in [3.05, 3.63) is 17.7 Å². The summed E-state index contributed by atoms with van der Waals surface area (Å²) in [6.45, 7) is 0. The third kappa shape index (κ3) is 1.34. The van der Waals surface area contributed by atoms with Crippen molar-refractivity contribution in [2.45, 2.75) is 0 Å². The van der Waals surface area contributed by atoms with Gasteiger partial charge < -0.3 is 15.3 Å². The fraction of sp³-hybridized carbons (Fsp3) is 0. The lowest BCUT2D eigenvalue weighted by molar-refractivity contribution is 0.0696. The van der Waals surface area contributed by atoms with Crippen molar-refractivity contribution in [2.24, 2.45) is 0 Å². The predicted octanol–water partition coefficient (Wildman–Crippen LogP) is -0.946. The maximum absolute atomic E-state index is 10.4. The highest BCUT2D eigenvalue weighted by molar-refractivity contribution is 6.36. The molecule has 0 atom stereocenters. The molecule has 62 valence electrons. The Morgan fingerprint density at radius 3 is 2.00 bits per heavy atom. The molecule has 0 heterocycles. The number of carbonyl (C=O) groups is 1. The van der Waals surface area contributed by atoms with Gasteiger partial charge in [0, 0.05) is 0 Å². The van der Waals surface area contributed by atoms with E-state index in [1.54, 1.807) is 0 Å². The van der Waals surface area contributed by atoms with Crippen molar-refractivity contribution < 1.29 is 20.1 Å². The molecule has 5 heteroatoms. The van der Waals surface area contributed by atoms with Crippen LogP contribution in [0.15, 0.2) is 12.1 Å². The number of benzene rings is 1. The topological polar surface area (TPSA) is 77.8 Å². The van der Waals surface area contributed by atoms with E-state index >= 15 is 0 Å². The summed E-state index contributed by atoms with van der Waals surface area (Å²) in [5.74, 6) is -1.61. The molecule has 3 N–H and O–H groups in total. The molecule has 0 unspecified atom stereocenters. The number of hydrogen-bond acceptors (Lipinski definition) is 3. The summed E-state index contributed by atoms with van der Waals surface area (Å²) in [6, 6.07) is 2.19. The second-order valence-electron chi connectivity index (χ2n) is 2.44. The highest BCUT2D eigenvalue weighted by Gasteiger charge is 2.09. The maximum atomic E-state index is 10.4. The Balaban J connectivity index is 3.31. The lowest BCUT2D eigenvalue weighted by Gasteiger charge is -2.03. The molecular weight excluding hydrogens is 159 g/mol. The molecule has 0 aliphatic carbocycles. The van der Waals surface area contributed by atoms with Crippen LogP contribution in [0.2, 0.25) is 0 Å². The van der Waals surface area contributed by atoms with Crippen LogP contribution in [-0.2, 0) is 0 Å². The molecule has 4 nitrogen and oxygen atoms in total. The number of rotatable bonds is 1. The molecule has 1 aromatic rings. The van der Waals surface area contributed by atoms with E-state index in [9.17, 15) is 4.79 Å². The Morgan fingerprint density at radius 1 is 1.25 bits per heavy atom. The van der Waals surface area contributed by atoms with Gasteiger partial charge in [0.1, 0.15) is 19.3 Å². The summed E-state index contributed by atoms with van der Waals surface area (Å²) >= 11 is 0. The Bertz CT molecular complexity index is 311. The molecule has 0 saturated heterocycles. The predicted molar refractivity (Wildman–Crippen MR) is 44.9 cm³/mol. The number of aromatic hydroxyl groups is 2. The second-order valence-corrected chi connectivity index (χ2v) is 2.44. The lowest BCUT2D eigenvalue weighted by atomic mass is 9.92. The van der Waals surface area contributed by atoms with Gasteiger partial charge in [-0.05, 0) is 17.6 Å². The van der Waals surface area contributed by atoms with Gasteiger partial charge in [-0.25, -0.2) is 4.79 Å². The number of carboxylic acid groups (broad SMARTS) is 1. The first-order valence-electron chi connectivity index (χ1n) is 3.28. The number of aromatic carboxylic acids is 1. The smallest absolute Gasteiger partial charge is 0.335 e. The molecular formula is C7H7BO4. The van der Waals surface area contributed by atoms with E-state index in [0.717, 1.165) is 12.1 Å². The lowest BCUT2D eigenvalue weighted by Crippen LogP contribution is -2.06. The van der Waals surface area contributed by atoms with Gasteiger partial charge in [-0.1, -0.05) is 0 Å². The molecule has 0 radical (unpaired) electrons. The van der Waals surface area contributed by atoms with Crippen molar-refractivity contribution in [2.75, 3.05) is 0 Å². The minimum atomic E-state index is -1.18. The number of phenolic OH excluding ortho intramolecular Hbond substituents is 2. The van der Waals surface area contributed by atoms with E-state index in [4.69, 9.17) is 15.3 Å². The molecule has 0 aromatic heterocycles. The molecule has 0 saturated carbocycles. The molecule has 0 amide bonds. The van der Waals surface area contributed by atoms with Gasteiger partial charge in [-0.15, -0.1) is 0 Å². The number of phenols is 2. The normalized spacial score (nSPS) is 9.67. The van der Waals surface area contributed by atoms with Crippen molar-refractivity contribution in [1.29, 1.82) is 0 Å². The summed E-state index contributed by atoms with van der Waals surface area (Å²) in [4.78, 5) is 10.4. The van der Waals surface area contributed by atoms with Gasteiger partial charge >= 0.3 is 5.97 Å². The van der Waals surface area contributed by atoms with E-state index in [2.05, 4.69) is 0 Å². The average Bonchev–Trinajstić information content (AvgIpc) is 1.99. The minimum Gasteiger partial charge on any atom is -0.508 e. The van der Waals surface area contributed by atoms with Crippen LogP contribution in [-0.4, -0.2) is 29.1 Å². The largest absolute Gasteiger partial charge is 0.508 e. The van der Waals surface area contributed by atoms with Gasteiger partial charge in [-0.2, -0.15) is 0 Å². The van der Waals surface area contributed by atoms with Crippen LogP contribution in [0.4, 0.5) is 0 Å². The van der Waals surface area contributed by atoms with Crippen LogP contribution in [0.3, 0.4) is 0 Å². The summed E-state index contributed by atoms with van der Waals surface area (Å²) in [5.41, 5.74) is 0.149. The molecule has 1 rings (SSSR count). The van der Waals surface area contributed by atoms with Crippen LogP contribution in [0, 0.1) is 0 Å². The first-order chi connectivity index (χ1) is 5.52. The molecule has 12 heavy (non-hydrogen) atoms. The zero-order valence-electron chi connectivity index (χ0n) is 6.40. The van der Waals surface area contributed by atoms with Crippen LogP contribution in [0.25, 0.3) is 0 Å². The van der Waals surface area contributed by atoms with Crippen molar-refractivity contribution >= 4 is 19.3 Å². The highest BCUT2D eigenvalue weighted by Crippen LogP contribution is 2.16. The monoisotopic (exact) mass is 166 g/mol. The maximum Gasteiger partial charge on any atom is 0.335 e. The molecule has 0 aliphatic rings. The quantitative estimate of drug-likeness (QED) is 0.470. The Morgan fingerprint density at radius 2 is 1.67 bits per heavy atom. The van der Waals surface area contributed by atoms with Gasteiger partial charge in [0.05, 0.1) is 5.56 Å². The standard InChI is InChI=1S/C7H7BO4/c8-6-4(9)1-3(7(11)12)2-5(6)10/h1-2,9-10H,8H2,(H,11,12). The van der Waals surface area contributed by atoms with Gasteiger partial charge in [0.25, 0.3) is 0 Å². The summed E-state index contributed by atoms with van der Waals surface area (Å²) < 4.78 is 0. The van der Waals surface area contributed by atoms with E-state index in [1.807, 2.05) is 0 Å². The van der Waals surface area contributed by atoms with Crippen LogP contribution >= 0.6 is 0 Å². The molecule has 0 bridgehead atoms. The fourth-order valence-corrected chi connectivity index (χ4v) is 0.807. The van der Waals surface area contributed by atoms with E-state index < -0.39 is 5.97 Å². The Labute approximate surface area is 69.5 Å². The number of carboxylic acids is 1. The summed E-state index contributed by atoms with van der Waals surface area (Å²) in [6.07, 6.45) is 0. The Hall–Kier alpha value is -1.65. The van der Waals surface area contributed by atoms with Crippen LogP contribution < -0.4 is 5.46 Å². The first-order valence-corrected chi connectivity index (χ1v) is 3.28. The summed E-state index contributed by atoms with van der Waals surface area (Å²) in [5, 5.41) is 26.7. The van der Waals surface area contributed by atoms with Gasteiger partial charge in [-0.3, -0.25) is 0 Å². The van der Waals surface area contributed by atoms with Crippen molar-refractivity contribution in [3.8, 4) is 11.5 Å². The fourth-order valence-electron chi connectivity index (χ4n) is 0.807. The average molecular weight is 166 g/mol. The second kappa shape index (κ2) is 2.77. The highest BCUT2D eigenvalue weighted by atomic mass is 16.4. The first kappa shape index (κ1) is 8.45. The summed E-state index contributed by atoms with van der Waals surface area (Å²) in [7, 11) is 1.50.